The van der Waals surface area contributed by atoms with Gasteiger partial charge in [-0.1, -0.05) is 65.9 Å². The van der Waals surface area contributed by atoms with Gasteiger partial charge in [0.1, 0.15) is 0 Å². The Morgan fingerprint density at radius 3 is 2.40 bits per heavy atom. The second-order valence-corrected chi connectivity index (χ2v) is 9.63. The third-order valence-electron chi connectivity index (χ3n) is 6.28. The summed E-state index contributed by atoms with van der Waals surface area (Å²) < 4.78 is 6.58. The number of carbonyl (C=O) groups excluding carboxylic acids is 1. The minimum absolute atomic E-state index is 0. The minimum atomic E-state index is -0.00158. The summed E-state index contributed by atoms with van der Waals surface area (Å²) in [5.41, 5.74) is 5.04. The Kier molecular flexibility index (Phi) is 8.52. The Hall–Kier alpha value is -2.77. The number of halogens is 1. The van der Waals surface area contributed by atoms with Crippen molar-refractivity contribution in [2.45, 2.75) is 13.3 Å². The molecule has 2 heterocycles. The molecule has 5 nitrogen and oxygen atoms in total. The molecular formula is C28H30ClN3O2S. The van der Waals surface area contributed by atoms with E-state index in [1.54, 1.807) is 11.3 Å². The first kappa shape index (κ1) is 25.3. The molecule has 1 saturated heterocycles. The van der Waals surface area contributed by atoms with Gasteiger partial charge in [-0.05, 0) is 48.2 Å². The van der Waals surface area contributed by atoms with Crippen LogP contribution in [0.4, 0.5) is 5.13 Å². The number of anilines is 1. The van der Waals surface area contributed by atoms with Gasteiger partial charge in [-0.15, -0.1) is 12.4 Å². The number of rotatable bonds is 7. The van der Waals surface area contributed by atoms with E-state index in [1.165, 1.54) is 0 Å². The van der Waals surface area contributed by atoms with Gasteiger partial charge < -0.3 is 4.74 Å². The zero-order valence-corrected chi connectivity index (χ0v) is 21.5. The van der Waals surface area contributed by atoms with E-state index in [2.05, 4.69) is 36.1 Å². The van der Waals surface area contributed by atoms with E-state index in [4.69, 9.17) is 9.72 Å². The number of aryl methyl sites for hydroxylation is 1. The molecule has 0 atom stereocenters. The molecule has 182 valence electrons. The van der Waals surface area contributed by atoms with Crippen LogP contribution in [0.1, 0.15) is 22.3 Å². The van der Waals surface area contributed by atoms with Gasteiger partial charge in [0.2, 0.25) is 0 Å². The predicted molar refractivity (Wildman–Crippen MR) is 147 cm³/mol. The summed E-state index contributed by atoms with van der Waals surface area (Å²) in [6.07, 6.45) is 0.892. The van der Waals surface area contributed by atoms with E-state index >= 15 is 0 Å². The number of benzene rings is 3. The highest BCUT2D eigenvalue weighted by Crippen LogP contribution is 2.32. The van der Waals surface area contributed by atoms with Crippen molar-refractivity contribution in [2.75, 3.05) is 44.3 Å². The Bertz CT molecular complexity index is 1250. The fraction of sp³-hybridized carbons (Fsp3) is 0.286. The van der Waals surface area contributed by atoms with Gasteiger partial charge in [-0.3, -0.25) is 14.6 Å². The van der Waals surface area contributed by atoms with Crippen LogP contribution < -0.4 is 4.90 Å². The number of ether oxygens (including phenoxy) is 1. The normalized spacial score (nSPS) is 14.0. The quantitative estimate of drug-likeness (QED) is 0.305. The van der Waals surface area contributed by atoms with Crippen molar-refractivity contribution in [1.29, 1.82) is 0 Å². The largest absolute Gasteiger partial charge is 0.379 e. The third kappa shape index (κ3) is 5.90. The van der Waals surface area contributed by atoms with Crippen molar-refractivity contribution in [2.24, 2.45) is 0 Å². The van der Waals surface area contributed by atoms with Gasteiger partial charge >= 0.3 is 0 Å². The summed E-state index contributed by atoms with van der Waals surface area (Å²) >= 11 is 1.59. The number of carbonyl (C=O) groups is 1. The van der Waals surface area contributed by atoms with Gasteiger partial charge in [-0.25, -0.2) is 4.98 Å². The molecule has 0 radical (unpaired) electrons. The Labute approximate surface area is 216 Å². The second kappa shape index (κ2) is 11.8. The number of aromatic nitrogens is 1. The fourth-order valence-corrected chi connectivity index (χ4v) is 5.41. The maximum absolute atomic E-state index is 13.7. The molecule has 0 N–H and O–H groups in total. The first-order chi connectivity index (χ1) is 16.7. The van der Waals surface area contributed by atoms with Gasteiger partial charge in [0.25, 0.3) is 5.91 Å². The maximum Gasteiger partial charge on any atom is 0.260 e. The number of hydrogen-bond donors (Lipinski definition) is 0. The molecule has 7 heteroatoms. The van der Waals surface area contributed by atoms with Crippen LogP contribution in [0, 0.1) is 6.92 Å². The summed E-state index contributed by atoms with van der Waals surface area (Å²) in [5, 5.41) is 0.767. The molecule has 3 aromatic carbocycles. The number of fused-ring (bicyclic) bond motifs is 1. The van der Waals surface area contributed by atoms with Crippen molar-refractivity contribution < 1.29 is 9.53 Å². The smallest absolute Gasteiger partial charge is 0.260 e. The lowest BCUT2D eigenvalue weighted by Crippen LogP contribution is -2.39. The minimum Gasteiger partial charge on any atom is -0.379 e. The molecule has 0 unspecified atom stereocenters. The van der Waals surface area contributed by atoms with Crippen molar-refractivity contribution >= 4 is 45.0 Å². The molecule has 1 aromatic heterocycles. The molecule has 1 amide bonds. The van der Waals surface area contributed by atoms with Crippen molar-refractivity contribution in [3.63, 3.8) is 0 Å². The lowest BCUT2D eigenvalue weighted by atomic mass is 10.0. The van der Waals surface area contributed by atoms with Crippen LogP contribution >= 0.6 is 23.7 Å². The predicted octanol–water partition coefficient (Wildman–Crippen LogP) is 6.06. The summed E-state index contributed by atoms with van der Waals surface area (Å²) in [6, 6.07) is 24.3. The zero-order chi connectivity index (χ0) is 23.3. The van der Waals surface area contributed by atoms with E-state index in [1.807, 2.05) is 53.4 Å². The Morgan fingerprint density at radius 1 is 0.971 bits per heavy atom. The maximum atomic E-state index is 13.7. The SMILES string of the molecule is Cc1cccc2sc(N(CCCN3CCOCC3)C(=O)c3ccc(-c4ccccc4)cc3)nc12.Cl. The first-order valence-corrected chi connectivity index (χ1v) is 12.6. The number of hydrogen-bond acceptors (Lipinski definition) is 5. The Morgan fingerprint density at radius 2 is 1.69 bits per heavy atom. The fourth-order valence-electron chi connectivity index (χ4n) is 4.34. The number of amides is 1. The van der Waals surface area contributed by atoms with Gasteiger partial charge in [0, 0.05) is 31.7 Å². The standard InChI is InChI=1S/C28H29N3O2S.ClH/c1-21-7-5-10-25-26(21)29-28(34-25)31(16-6-15-30-17-19-33-20-18-30)27(32)24-13-11-23(12-14-24)22-8-3-2-4-9-22;/h2-5,7-14H,6,15-20H2,1H3;1H. The molecular weight excluding hydrogens is 478 g/mol. The van der Waals surface area contributed by atoms with E-state index in [0.29, 0.717) is 12.1 Å². The highest BCUT2D eigenvalue weighted by Gasteiger charge is 2.22. The second-order valence-electron chi connectivity index (χ2n) is 8.63. The lowest BCUT2D eigenvalue weighted by molar-refractivity contribution is 0.0376. The van der Waals surface area contributed by atoms with E-state index in [0.717, 1.165) is 71.3 Å². The number of thiazole rings is 1. The van der Waals surface area contributed by atoms with E-state index in [9.17, 15) is 4.79 Å². The average Bonchev–Trinajstić information content (AvgIpc) is 3.33. The van der Waals surface area contributed by atoms with Gasteiger partial charge in [0.05, 0.1) is 23.4 Å². The number of para-hydroxylation sites is 1. The molecule has 0 saturated carbocycles. The monoisotopic (exact) mass is 507 g/mol. The molecule has 0 bridgehead atoms. The summed E-state index contributed by atoms with van der Waals surface area (Å²) in [7, 11) is 0. The number of nitrogens with zero attached hydrogens (tertiary/aromatic N) is 3. The third-order valence-corrected chi connectivity index (χ3v) is 7.33. The molecule has 1 aliphatic rings. The first-order valence-electron chi connectivity index (χ1n) is 11.8. The van der Waals surface area contributed by atoms with Crippen LogP contribution in [-0.4, -0.2) is 55.2 Å². The van der Waals surface area contributed by atoms with Crippen molar-refractivity contribution in [3.8, 4) is 11.1 Å². The number of morpholine rings is 1. The van der Waals surface area contributed by atoms with Crippen LogP contribution in [-0.2, 0) is 4.74 Å². The molecule has 1 aliphatic heterocycles. The highest BCUT2D eigenvalue weighted by molar-refractivity contribution is 7.22. The Balaban J connectivity index is 0.00000289. The highest BCUT2D eigenvalue weighted by atomic mass is 35.5. The summed E-state index contributed by atoms with van der Waals surface area (Å²) in [5.74, 6) is -0.00158. The molecule has 0 spiro atoms. The van der Waals surface area contributed by atoms with Crippen molar-refractivity contribution in [1.82, 2.24) is 9.88 Å². The van der Waals surface area contributed by atoms with Crippen LogP contribution in [0.2, 0.25) is 0 Å². The molecule has 35 heavy (non-hydrogen) atoms. The molecule has 1 fully saturated rings. The van der Waals surface area contributed by atoms with Crippen molar-refractivity contribution in [3.05, 3.63) is 83.9 Å². The topological polar surface area (TPSA) is 45.7 Å². The van der Waals surface area contributed by atoms with Gasteiger partial charge in [-0.2, -0.15) is 0 Å². The van der Waals surface area contributed by atoms with Crippen LogP contribution in [0.15, 0.2) is 72.8 Å². The molecule has 0 aliphatic carbocycles. The van der Waals surface area contributed by atoms with Crippen LogP contribution in [0.25, 0.3) is 21.3 Å². The van der Waals surface area contributed by atoms with Gasteiger partial charge in [0.15, 0.2) is 5.13 Å². The molecule has 5 rings (SSSR count). The van der Waals surface area contributed by atoms with E-state index < -0.39 is 0 Å². The zero-order valence-electron chi connectivity index (χ0n) is 19.9. The van der Waals surface area contributed by atoms with Crippen LogP contribution in [0.3, 0.4) is 0 Å². The average molecular weight is 508 g/mol. The summed E-state index contributed by atoms with van der Waals surface area (Å²) in [6.45, 7) is 7.13. The lowest BCUT2D eigenvalue weighted by Gasteiger charge is -2.27. The molecule has 4 aromatic rings. The van der Waals surface area contributed by atoms with E-state index in [-0.39, 0.29) is 18.3 Å². The summed E-state index contributed by atoms with van der Waals surface area (Å²) in [4.78, 5) is 22.8. The van der Waals surface area contributed by atoms with Crippen LogP contribution in [0.5, 0.6) is 0 Å².